The van der Waals surface area contributed by atoms with Crippen molar-refractivity contribution >= 4 is 21.6 Å². The van der Waals surface area contributed by atoms with Crippen LogP contribution in [0.2, 0.25) is 0 Å². The zero-order chi connectivity index (χ0) is 21.1. The van der Waals surface area contributed by atoms with E-state index in [9.17, 15) is 13.2 Å². The Labute approximate surface area is 177 Å². The second kappa shape index (κ2) is 8.75. The van der Waals surface area contributed by atoms with Crippen LogP contribution in [0, 0.1) is 0 Å². The highest BCUT2D eigenvalue weighted by atomic mass is 32.2. The number of likely N-dealkylation sites (tertiary alicyclic amines) is 1. The number of hydrogen-bond acceptors (Lipinski definition) is 5. The lowest BCUT2D eigenvalue weighted by Crippen LogP contribution is -2.35. The molecule has 0 radical (unpaired) electrons. The molecule has 1 unspecified atom stereocenters. The van der Waals surface area contributed by atoms with Crippen LogP contribution in [0.5, 0.6) is 5.75 Å². The molecule has 0 spiro atoms. The Bertz CT molecular complexity index is 1000. The normalized spacial score (nSPS) is 18.2. The van der Waals surface area contributed by atoms with Crippen molar-refractivity contribution < 1.29 is 17.9 Å². The SMILES string of the molecule is COc1ccc(S(=O)(=O)NC2CC2)cc1NC(=O)C(c1ccccc1)N1CCCC1. The van der Waals surface area contributed by atoms with E-state index in [-0.39, 0.29) is 16.8 Å². The third-order valence-electron chi connectivity index (χ3n) is 5.51. The van der Waals surface area contributed by atoms with Crippen molar-refractivity contribution in [3.05, 3.63) is 54.1 Å². The molecule has 4 rings (SSSR count). The Kier molecular flexibility index (Phi) is 6.08. The summed E-state index contributed by atoms with van der Waals surface area (Å²) in [6, 6.07) is 13.8. The summed E-state index contributed by atoms with van der Waals surface area (Å²) in [6.45, 7) is 1.70. The number of rotatable bonds is 8. The molecular formula is C22H27N3O4S. The Morgan fingerprint density at radius 1 is 1.10 bits per heavy atom. The number of ether oxygens (including phenoxy) is 1. The average Bonchev–Trinajstić information content (AvgIpc) is 3.38. The van der Waals surface area contributed by atoms with E-state index in [1.807, 2.05) is 30.3 Å². The zero-order valence-electron chi connectivity index (χ0n) is 17.0. The highest BCUT2D eigenvalue weighted by molar-refractivity contribution is 7.89. The number of nitrogens with zero attached hydrogens (tertiary/aromatic N) is 1. The van der Waals surface area contributed by atoms with Gasteiger partial charge in [0.1, 0.15) is 11.8 Å². The van der Waals surface area contributed by atoms with Gasteiger partial charge in [-0.25, -0.2) is 13.1 Å². The van der Waals surface area contributed by atoms with Crippen LogP contribution < -0.4 is 14.8 Å². The van der Waals surface area contributed by atoms with Gasteiger partial charge in [-0.15, -0.1) is 0 Å². The molecule has 2 aromatic rings. The Morgan fingerprint density at radius 2 is 1.80 bits per heavy atom. The lowest BCUT2D eigenvalue weighted by molar-refractivity contribution is -0.121. The minimum absolute atomic E-state index is 0.00719. The molecule has 2 N–H and O–H groups in total. The summed E-state index contributed by atoms with van der Waals surface area (Å²) in [5, 5.41) is 2.92. The molecule has 1 amide bonds. The molecule has 2 aromatic carbocycles. The van der Waals surface area contributed by atoms with E-state index in [0.717, 1.165) is 44.3 Å². The van der Waals surface area contributed by atoms with Gasteiger partial charge in [-0.2, -0.15) is 0 Å². The molecule has 2 fully saturated rings. The first-order valence-electron chi connectivity index (χ1n) is 10.3. The van der Waals surface area contributed by atoms with E-state index >= 15 is 0 Å². The highest BCUT2D eigenvalue weighted by Crippen LogP contribution is 2.32. The monoisotopic (exact) mass is 429 g/mol. The van der Waals surface area contributed by atoms with Crippen LogP contribution in [-0.4, -0.2) is 45.5 Å². The number of sulfonamides is 1. The van der Waals surface area contributed by atoms with E-state index in [1.165, 1.54) is 19.2 Å². The van der Waals surface area contributed by atoms with Crippen LogP contribution in [0.4, 0.5) is 5.69 Å². The Morgan fingerprint density at radius 3 is 2.43 bits per heavy atom. The first-order valence-corrected chi connectivity index (χ1v) is 11.8. The molecule has 1 saturated heterocycles. The lowest BCUT2D eigenvalue weighted by atomic mass is 10.0. The molecule has 0 aromatic heterocycles. The van der Waals surface area contributed by atoms with Gasteiger partial charge in [-0.05, 0) is 62.5 Å². The molecule has 0 bridgehead atoms. The number of methoxy groups -OCH3 is 1. The molecule has 2 aliphatic rings. The fraction of sp³-hybridized carbons (Fsp3) is 0.409. The third kappa shape index (κ3) is 4.66. The van der Waals surface area contributed by atoms with Gasteiger partial charge in [-0.1, -0.05) is 30.3 Å². The molecule has 1 aliphatic heterocycles. The second-order valence-corrected chi connectivity index (χ2v) is 9.52. The number of amides is 1. The van der Waals surface area contributed by atoms with Crippen molar-refractivity contribution in [3.63, 3.8) is 0 Å². The van der Waals surface area contributed by atoms with Crippen LogP contribution in [0.1, 0.15) is 37.3 Å². The predicted octanol–water partition coefficient (Wildman–Crippen LogP) is 2.91. The van der Waals surface area contributed by atoms with Crippen LogP contribution in [0.15, 0.2) is 53.4 Å². The second-order valence-electron chi connectivity index (χ2n) is 7.80. The number of carbonyl (C=O) groups is 1. The van der Waals surface area contributed by atoms with Gasteiger partial charge in [0.05, 0.1) is 17.7 Å². The maximum atomic E-state index is 13.3. The minimum atomic E-state index is -3.64. The molecule has 7 nitrogen and oxygen atoms in total. The molecule has 8 heteroatoms. The lowest BCUT2D eigenvalue weighted by Gasteiger charge is -2.27. The highest BCUT2D eigenvalue weighted by Gasteiger charge is 2.31. The minimum Gasteiger partial charge on any atom is -0.495 e. The third-order valence-corrected chi connectivity index (χ3v) is 7.03. The van der Waals surface area contributed by atoms with Gasteiger partial charge in [0, 0.05) is 6.04 Å². The van der Waals surface area contributed by atoms with Gasteiger partial charge in [0.15, 0.2) is 0 Å². The first kappa shape index (κ1) is 20.8. The van der Waals surface area contributed by atoms with Gasteiger partial charge in [-0.3, -0.25) is 9.69 Å². The molecule has 1 saturated carbocycles. The Balaban J connectivity index is 1.62. The summed E-state index contributed by atoms with van der Waals surface area (Å²) in [6.07, 6.45) is 3.82. The first-order chi connectivity index (χ1) is 14.5. The van der Waals surface area contributed by atoms with E-state index in [0.29, 0.717) is 11.4 Å². The number of nitrogens with one attached hydrogen (secondary N) is 2. The van der Waals surface area contributed by atoms with E-state index in [1.54, 1.807) is 6.07 Å². The summed E-state index contributed by atoms with van der Waals surface area (Å²) in [5.41, 5.74) is 1.26. The topological polar surface area (TPSA) is 87.7 Å². The van der Waals surface area contributed by atoms with Gasteiger partial charge < -0.3 is 10.1 Å². The molecule has 1 heterocycles. The molecule has 30 heavy (non-hydrogen) atoms. The maximum absolute atomic E-state index is 13.3. The van der Waals surface area contributed by atoms with Crippen molar-refractivity contribution in [1.82, 2.24) is 9.62 Å². The van der Waals surface area contributed by atoms with Gasteiger partial charge in [0.25, 0.3) is 0 Å². The van der Waals surface area contributed by atoms with Gasteiger partial charge >= 0.3 is 0 Å². The molecule has 1 atom stereocenters. The summed E-state index contributed by atoms with van der Waals surface area (Å²) >= 11 is 0. The van der Waals surface area contributed by atoms with Crippen molar-refractivity contribution in [2.45, 2.75) is 42.7 Å². The fourth-order valence-electron chi connectivity index (χ4n) is 3.80. The largest absolute Gasteiger partial charge is 0.495 e. The average molecular weight is 430 g/mol. The van der Waals surface area contributed by atoms with E-state index in [2.05, 4.69) is 14.9 Å². The standard InChI is InChI=1S/C22H27N3O4S/c1-29-20-12-11-18(30(27,28)24-17-9-10-17)15-19(20)23-22(26)21(25-13-5-6-14-25)16-7-3-2-4-8-16/h2-4,7-8,11-12,15,17,21,24H,5-6,9-10,13-14H2,1H3,(H,23,26). The molecular weight excluding hydrogens is 402 g/mol. The fourth-order valence-corrected chi connectivity index (χ4v) is 5.14. The predicted molar refractivity (Wildman–Crippen MR) is 115 cm³/mol. The smallest absolute Gasteiger partial charge is 0.246 e. The van der Waals surface area contributed by atoms with E-state index < -0.39 is 16.1 Å². The summed E-state index contributed by atoms with van der Waals surface area (Å²) < 4.78 is 33.3. The van der Waals surface area contributed by atoms with Gasteiger partial charge in [0.2, 0.25) is 15.9 Å². The number of benzene rings is 2. The maximum Gasteiger partial charge on any atom is 0.246 e. The van der Waals surface area contributed by atoms with E-state index in [4.69, 9.17) is 4.74 Å². The Hall–Kier alpha value is -2.42. The van der Waals surface area contributed by atoms with Crippen molar-refractivity contribution in [1.29, 1.82) is 0 Å². The number of anilines is 1. The van der Waals surface area contributed by atoms with Crippen molar-refractivity contribution in [2.75, 3.05) is 25.5 Å². The summed E-state index contributed by atoms with van der Waals surface area (Å²) in [4.78, 5) is 15.6. The van der Waals surface area contributed by atoms with Crippen LogP contribution in [0.25, 0.3) is 0 Å². The number of hydrogen-bond donors (Lipinski definition) is 2. The molecule has 1 aliphatic carbocycles. The molecule has 160 valence electrons. The van der Waals surface area contributed by atoms with Crippen molar-refractivity contribution in [3.8, 4) is 5.75 Å². The van der Waals surface area contributed by atoms with Crippen molar-refractivity contribution in [2.24, 2.45) is 0 Å². The van der Waals surface area contributed by atoms with Crippen LogP contribution >= 0.6 is 0 Å². The summed E-state index contributed by atoms with van der Waals surface area (Å²) in [7, 11) is -2.14. The van der Waals surface area contributed by atoms with Crippen LogP contribution in [-0.2, 0) is 14.8 Å². The number of carbonyl (C=O) groups excluding carboxylic acids is 1. The van der Waals surface area contributed by atoms with Crippen LogP contribution in [0.3, 0.4) is 0 Å². The summed E-state index contributed by atoms with van der Waals surface area (Å²) in [5.74, 6) is 0.216. The zero-order valence-corrected chi connectivity index (χ0v) is 17.8. The quantitative estimate of drug-likeness (QED) is 0.674.